The highest BCUT2D eigenvalue weighted by molar-refractivity contribution is 5.96. The van der Waals surface area contributed by atoms with E-state index in [1.807, 2.05) is 0 Å². The van der Waals surface area contributed by atoms with E-state index in [1.165, 1.54) is 21.0 Å². The number of nitrogens with one attached hydrogen (secondary N) is 1. The fourth-order valence-corrected chi connectivity index (χ4v) is 1.28. The quantitative estimate of drug-likeness (QED) is 0.807. The van der Waals surface area contributed by atoms with Crippen molar-refractivity contribution < 1.29 is 19.1 Å². The molecule has 92 valence electrons. The van der Waals surface area contributed by atoms with Crippen molar-refractivity contribution in [3.05, 3.63) is 24.3 Å². The zero-order chi connectivity index (χ0) is 12.8. The molecule has 0 aliphatic carbocycles. The van der Waals surface area contributed by atoms with Gasteiger partial charge in [-0.3, -0.25) is 9.59 Å². The van der Waals surface area contributed by atoms with Crippen LogP contribution in [0.2, 0.25) is 0 Å². The normalized spacial score (nSPS) is 11.5. The molecule has 17 heavy (non-hydrogen) atoms. The molecule has 1 atom stereocenters. The molecule has 1 N–H and O–H groups in total. The van der Waals surface area contributed by atoms with E-state index in [0.29, 0.717) is 11.4 Å². The SMILES string of the molecule is COc1ccccc1NC(=O)[C@@H](C)OC(C)=O. The summed E-state index contributed by atoms with van der Waals surface area (Å²) in [5, 5.41) is 2.63. The first-order valence-electron chi connectivity index (χ1n) is 5.15. The fraction of sp³-hybridized carbons (Fsp3) is 0.333. The first kappa shape index (κ1) is 13.0. The van der Waals surface area contributed by atoms with Gasteiger partial charge >= 0.3 is 5.97 Å². The number of methoxy groups -OCH3 is 1. The predicted octanol–water partition coefficient (Wildman–Crippen LogP) is 1.59. The minimum atomic E-state index is -0.836. The van der Waals surface area contributed by atoms with Crippen molar-refractivity contribution in [1.82, 2.24) is 0 Å². The molecule has 0 spiro atoms. The van der Waals surface area contributed by atoms with Crippen LogP contribution < -0.4 is 10.1 Å². The van der Waals surface area contributed by atoms with Gasteiger partial charge in [-0.05, 0) is 19.1 Å². The van der Waals surface area contributed by atoms with E-state index >= 15 is 0 Å². The zero-order valence-corrected chi connectivity index (χ0v) is 10.0. The van der Waals surface area contributed by atoms with E-state index < -0.39 is 18.0 Å². The molecule has 0 bridgehead atoms. The lowest BCUT2D eigenvalue weighted by atomic mass is 10.2. The van der Waals surface area contributed by atoms with Gasteiger partial charge in [0.25, 0.3) is 5.91 Å². The Balaban J connectivity index is 2.70. The van der Waals surface area contributed by atoms with Gasteiger partial charge in [-0.1, -0.05) is 12.1 Å². The first-order chi connectivity index (χ1) is 8.04. The van der Waals surface area contributed by atoms with Crippen LogP contribution >= 0.6 is 0 Å². The van der Waals surface area contributed by atoms with Crippen molar-refractivity contribution >= 4 is 17.6 Å². The van der Waals surface area contributed by atoms with Gasteiger partial charge in [0.05, 0.1) is 12.8 Å². The van der Waals surface area contributed by atoms with E-state index in [4.69, 9.17) is 9.47 Å². The van der Waals surface area contributed by atoms with Crippen LogP contribution in [0.4, 0.5) is 5.69 Å². The molecule has 0 aliphatic heterocycles. The lowest BCUT2D eigenvalue weighted by molar-refractivity contribution is -0.150. The predicted molar refractivity (Wildman–Crippen MR) is 62.9 cm³/mol. The van der Waals surface area contributed by atoms with Gasteiger partial charge < -0.3 is 14.8 Å². The number of anilines is 1. The minimum absolute atomic E-state index is 0.398. The summed E-state index contributed by atoms with van der Waals surface area (Å²) in [6.07, 6.45) is -0.836. The number of rotatable bonds is 4. The molecule has 0 fully saturated rings. The summed E-state index contributed by atoms with van der Waals surface area (Å²) in [5.41, 5.74) is 0.541. The van der Waals surface area contributed by atoms with Gasteiger partial charge in [0, 0.05) is 6.92 Å². The molecular formula is C12H15NO4. The van der Waals surface area contributed by atoms with Crippen LogP contribution in [0.25, 0.3) is 0 Å². The van der Waals surface area contributed by atoms with Crippen LogP contribution in [-0.4, -0.2) is 25.1 Å². The fourth-order valence-electron chi connectivity index (χ4n) is 1.28. The summed E-state index contributed by atoms with van der Waals surface area (Å²) >= 11 is 0. The zero-order valence-electron chi connectivity index (χ0n) is 10.0. The maximum atomic E-state index is 11.7. The maximum absolute atomic E-state index is 11.7. The molecule has 0 aliphatic rings. The van der Waals surface area contributed by atoms with Crippen LogP contribution in [0, 0.1) is 0 Å². The Kier molecular flexibility index (Phi) is 4.51. The number of amides is 1. The number of para-hydroxylation sites is 2. The molecule has 5 nitrogen and oxygen atoms in total. The molecule has 0 aromatic heterocycles. The Morgan fingerprint density at radius 1 is 1.29 bits per heavy atom. The van der Waals surface area contributed by atoms with E-state index in [-0.39, 0.29) is 0 Å². The summed E-state index contributed by atoms with van der Waals surface area (Å²) in [7, 11) is 1.51. The standard InChI is InChI=1S/C12H15NO4/c1-8(17-9(2)14)12(15)13-10-6-4-5-7-11(10)16-3/h4-8H,1-3H3,(H,13,15)/t8-/m1/s1. The van der Waals surface area contributed by atoms with Crippen molar-refractivity contribution in [3.63, 3.8) is 0 Å². The van der Waals surface area contributed by atoms with Crippen LogP contribution in [0.3, 0.4) is 0 Å². The number of carbonyl (C=O) groups excluding carboxylic acids is 2. The smallest absolute Gasteiger partial charge is 0.303 e. The van der Waals surface area contributed by atoms with Crippen molar-refractivity contribution in [2.24, 2.45) is 0 Å². The highest BCUT2D eigenvalue weighted by Crippen LogP contribution is 2.23. The van der Waals surface area contributed by atoms with Gasteiger partial charge in [-0.25, -0.2) is 0 Å². The van der Waals surface area contributed by atoms with Crippen LogP contribution in [0.1, 0.15) is 13.8 Å². The Labute approximate surface area is 99.7 Å². The Bertz CT molecular complexity index is 417. The molecular weight excluding hydrogens is 222 g/mol. The summed E-state index contributed by atoms with van der Waals surface area (Å²) in [5.74, 6) is -0.340. The van der Waals surface area contributed by atoms with E-state index in [9.17, 15) is 9.59 Å². The highest BCUT2D eigenvalue weighted by Gasteiger charge is 2.16. The second-order valence-electron chi connectivity index (χ2n) is 3.44. The summed E-state index contributed by atoms with van der Waals surface area (Å²) in [4.78, 5) is 22.4. The lowest BCUT2D eigenvalue weighted by Gasteiger charge is -2.14. The monoisotopic (exact) mass is 237 g/mol. The number of benzene rings is 1. The third-order valence-corrected chi connectivity index (χ3v) is 2.08. The highest BCUT2D eigenvalue weighted by atomic mass is 16.5. The Hall–Kier alpha value is -2.04. The average molecular weight is 237 g/mol. The van der Waals surface area contributed by atoms with Crippen molar-refractivity contribution in [3.8, 4) is 5.75 Å². The molecule has 0 saturated heterocycles. The molecule has 0 radical (unpaired) electrons. The van der Waals surface area contributed by atoms with E-state index in [2.05, 4.69) is 5.32 Å². The number of esters is 1. The van der Waals surface area contributed by atoms with Gasteiger partial charge in [0.2, 0.25) is 0 Å². The van der Waals surface area contributed by atoms with Crippen LogP contribution in [-0.2, 0) is 14.3 Å². The second kappa shape index (κ2) is 5.89. The molecule has 1 rings (SSSR count). The summed E-state index contributed by atoms with van der Waals surface area (Å²) < 4.78 is 9.85. The van der Waals surface area contributed by atoms with Crippen LogP contribution in [0.5, 0.6) is 5.75 Å². The third-order valence-electron chi connectivity index (χ3n) is 2.08. The Morgan fingerprint density at radius 2 is 1.94 bits per heavy atom. The molecule has 1 amide bonds. The third kappa shape index (κ3) is 3.79. The average Bonchev–Trinajstić information content (AvgIpc) is 2.28. The molecule has 0 unspecified atom stereocenters. The van der Waals surface area contributed by atoms with Crippen molar-refractivity contribution in [2.45, 2.75) is 20.0 Å². The summed E-state index contributed by atoms with van der Waals surface area (Å²) in [6, 6.07) is 7.00. The van der Waals surface area contributed by atoms with Gasteiger partial charge in [-0.15, -0.1) is 0 Å². The second-order valence-corrected chi connectivity index (χ2v) is 3.44. The van der Waals surface area contributed by atoms with Crippen LogP contribution in [0.15, 0.2) is 24.3 Å². The maximum Gasteiger partial charge on any atom is 0.303 e. The number of ether oxygens (including phenoxy) is 2. The number of carbonyl (C=O) groups is 2. The number of hydrogen-bond acceptors (Lipinski definition) is 4. The Morgan fingerprint density at radius 3 is 2.53 bits per heavy atom. The minimum Gasteiger partial charge on any atom is -0.495 e. The van der Waals surface area contributed by atoms with E-state index in [1.54, 1.807) is 24.3 Å². The van der Waals surface area contributed by atoms with Crippen molar-refractivity contribution in [2.75, 3.05) is 12.4 Å². The van der Waals surface area contributed by atoms with Gasteiger partial charge in [-0.2, -0.15) is 0 Å². The molecule has 1 aromatic rings. The molecule has 0 heterocycles. The topological polar surface area (TPSA) is 64.6 Å². The van der Waals surface area contributed by atoms with Crippen molar-refractivity contribution in [1.29, 1.82) is 0 Å². The van der Waals surface area contributed by atoms with Gasteiger partial charge in [0.1, 0.15) is 5.75 Å². The summed E-state index contributed by atoms with van der Waals surface area (Å²) in [6.45, 7) is 2.76. The molecule has 5 heteroatoms. The number of hydrogen-bond donors (Lipinski definition) is 1. The lowest BCUT2D eigenvalue weighted by Crippen LogP contribution is -2.29. The largest absolute Gasteiger partial charge is 0.495 e. The first-order valence-corrected chi connectivity index (χ1v) is 5.15. The van der Waals surface area contributed by atoms with E-state index in [0.717, 1.165) is 0 Å². The van der Waals surface area contributed by atoms with Gasteiger partial charge in [0.15, 0.2) is 6.10 Å². The molecule has 1 aromatic carbocycles. The molecule has 0 saturated carbocycles.